The van der Waals surface area contributed by atoms with Crippen LogP contribution in [0.1, 0.15) is 18.1 Å². The molecule has 132 valence electrons. The topological polar surface area (TPSA) is 22.0 Å². The number of allylic oxidation sites excluding steroid dienone is 1. The smallest absolute Gasteiger partial charge is 0.258 e. The highest BCUT2D eigenvalue weighted by Gasteiger charge is 2.24. The lowest BCUT2D eigenvalue weighted by molar-refractivity contribution is 0.0959. The number of aromatic nitrogens is 1. The summed E-state index contributed by atoms with van der Waals surface area (Å²) in [6, 6.07) is 28.5. The molecule has 0 amide bonds. The van der Waals surface area contributed by atoms with Crippen molar-refractivity contribution in [3.8, 4) is 22.4 Å². The molecular formula is C25H21NO. The van der Waals surface area contributed by atoms with Gasteiger partial charge in [-0.15, -0.1) is 0 Å². The van der Waals surface area contributed by atoms with E-state index < -0.39 is 0 Å². The van der Waals surface area contributed by atoms with Crippen LogP contribution in [0.3, 0.4) is 0 Å². The third-order valence-corrected chi connectivity index (χ3v) is 4.92. The molecule has 0 fully saturated rings. The zero-order valence-corrected chi connectivity index (χ0v) is 15.4. The third-order valence-electron chi connectivity index (χ3n) is 4.92. The predicted octanol–water partition coefficient (Wildman–Crippen LogP) is 6.58. The molecule has 0 aliphatic carbocycles. The molecular weight excluding hydrogens is 330 g/mol. The van der Waals surface area contributed by atoms with Gasteiger partial charge in [0.2, 0.25) is 0 Å². The number of carbonyl (C=O) groups excluding carboxylic acids is 1. The number of hydrogen-bond donors (Lipinski definition) is 0. The average molecular weight is 351 g/mol. The van der Waals surface area contributed by atoms with Crippen molar-refractivity contribution < 1.29 is 4.79 Å². The lowest BCUT2D eigenvalue weighted by Crippen LogP contribution is -2.13. The molecule has 4 aromatic rings. The average Bonchev–Trinajstić information content (AvgIpc) is 3.09. The summed E-state index contributed by atoms with van der Waals surface area (Å²) in [6.45, 7) is 5.97. The van der Waals surface area contributed by atoms with E-state index in [0.29, 0.717) is 12.0 Å². The van der Waals surface area contributed by atoms with Crippen molar-refractivity contribution in [2.45, 2.75) is 13.3 Å². The van der Waals surface area contributed by atoms with E-state index >= 15 is 0 Å². The summed E-state index contributed by atoms with van der Waals surface area (Å²) in [4.78, 5) is 13.3. The minimum absolute atomic E-state index is 0.0465. The van der Waals surface area contributed by atoms with Crippen LogP contribution in [0.2, 0.25) is 0 Å². The van der Waals surface area contributed by atoms with Gasteiger partial charge in [0.05, 0.1) is 11.2 Å². The van der Waals surface area contributed by atoms with Crippen LogP contribution >= 0.6 is 0 Å². The van der Waals surface area contributed by atoms with E-state index in [2.05, 4.69) is 36.9 Å². The molecule has 27 heavy (non-hydrogen) atoms. The van der Waals surface area contributed by atoms with Gasteiger partial charge in [0.1, 0.15) is 0 Å². The summed E-state index contributed by atoms with van der Waals surface area (Å²) < 4.78 is 1.83. The van der Waals surface area contributed by atoms with Crippen molar-refractivity contribution in [2.24, 2.45) is 0 Å². The standard InChI is InChI=1S/C25H21NO/c1-3-18(2)25(27)26-22-17-11-10-16-21(22)23(19-12-6-4-7-13-19)24(26)20-14-8-5-9-15-20/h4-17H,2-3H2,1H3. The molecule has 0 aliphatic heterocycles. The largest absolute Gasteiger partial charge is 0.275 e. The molecule has 0 bridgehead atoms. The molecule has 0 unspecified atom stereocenters. The van der Waals surface area contributed by atoms with Crippen molar-refractivity contribution in [1.29, 1.82) is 0 Å². The maximum Gasteiger partial charge on any atom is 0.258 e. The molecule has 1 heterocycles. The second-order valence-electron chi connectivity index (χ2n) is 6.57. The highest BCUT2D eigenvalue weighted by molar-refractivity contribution is 6.12. The van der Waals surface area contributed by atoms with E-state index in [9.17, 15) is 4.79 Å². The Morgan fingerprint density at radius 3 is 2.00 bits per heavy atom. The summed E-state index contributed by atoms with van der Waals surface area (Å²) in [7, 11) is 0. The Morgan fingerprint density at radius 2 is 1.37 bits per heavy atom. The van der Waals surface area contributed by atoms with Crippen LogP contribution in [0, 0.1) is 0 Å². The molecule has 0 atom stereocenters. The van der Waals surface area contributed by atoms with E-state index in [1.54, 1.807) is 0 Å². The number of fused-ring (bicyclic) bond motifs is 1. The minimum Gasteiger partial charge on any atom is -0.275 e. The first-order valence-electron chi connectivity index (χ1n) is 9.19. The number of benzene rings is 3. The van der Waals surface area contributed by atoms with Crippen LogP contribution in [0.4, 0.5) is 0 Å². The normalized spacial score (nSPS) is 10.9. The monoisotopic (exact) mass is 351 g/mol. The molecule has 0 spiro atoms. The highest BCUT2D eigenvalue weighted by Crippen LogP contribution is 2.41. The van der Waals surface area contributed by atoms with Crippen LogP contribution in [0.15, 0.2) is 97.1 Å². The fourth-order valence-corrected chi connectivity index (χ4v) is 3.53. The number of hydrogen-bond acceptors (Lipinski definition) is 1. The van der Waals surface area contributed by atoms with E-state index in [1.807, 2.05) is 66.1 Å². The molecule has 2 nitrogen and oxygen atoms in total. The van der Waals surface area contributed by atoms with Gasteiger partial charge in [-0.3, -0.25) is 9.36 Å². The summed E-state index contributed by atoms with van der Waals surface area (Å²) in [5, 5.41) is 1.07. The SMILES string of the molecule is C=C(CC)C(=O)n1c(-c2ccccc2)c(-c2ccccc2)c2ccccc21. The van der Waals surface area contributed by atoms with Gasteiger partial charge in [0.15, 0.2) is 0 Å². The maximum absolute atomic E-state index is 13.3. The zero-order valence-electron chi connectivity index (χ0n) is 15.4. The van der Waals surface area contributed by atoms with Gasteiger partial charge < -0.3 is 0 Å². The molecule has 4 rings (SSSR count). The first kappa shape index (κ1) is 17.0. The van der Waals surface area contributed by atoms with Crippen molar-refractivity contribution in [3.05, 3.63) is 97.1 Å². The Morgan fingerprint density at radius 1 is 0.815 bits per heavy atom. The molecule has 1 aromatic heterocycles. The lowest BCUT2D eigenvalue weighted by Gasteiger charge is -2.12. The van der Waals surface area contributed by atoms with Gasteiger partial charge in [-0.25, -0.2) is 0 Å². The summed E-state index contributed by atoms with van der Waals surface area (Å²) >= 11 is 0. The molecule has 0 saturated carbocycles. The molecule has 2 heteroatoms. The molecule has 0 N–H and O–H groups in total. The Bertz CT molecular complexity index is 1120. The van der Waals surface area contributed by atoms with Gasteiger partial charge in [0.25, 0.3) is 5.91 Å². The van der Waals surface area contributed by atoms with Gasteiger partial charge in [-0.05, 0) is 23.6 Å². The summed E-state index contributed by atoms with van der Waals surface area (Å²) in [6.07, 6.45) is 0.625. The van der Waals surface area contributed by atoms with Crippen molar-refractivity contribution in [2.75, 3.05) is 0 Å². The Kier molecular flexibility index (Phi) is 4.47. The summed E-state index contributed by atoms with van der Waals surface area (Å²) in [5.74, 6) is -0.0465. The number of para-hydroxylation sites is 1. The summed E-state index contributed by atoms with van der Waals surface area (Å²) in [5.41, 5.74) is 5.63. The quantitative estimate of drug-likeness (QED) is 0.381. The van der Waals surface area contributed by atoms with Crippen molar-refractivity contribution >= 4 is 16.8 Å². The first-order valence-corrected chi connectivity index (χ1v) is 9.19. The second-order valence-corrected chi connectivity index (χ2v) is 6.57. The Balaban J connectivity index is 2.16. The fraction of sp³-hybridized carbons (Fsp3) is 0.0800. The minimum atomic E-state index is -0.0465. The number of rotatable bonds is 4. The maximum atomic E-state index is 13.3. The van der Waals surface area contributed by atoms with Gasteiger partial charge in [0, 0.05) is 16.5 Å². The Labute approximate surface area is 159 Å². The van der Waals surface area contributed by atoms with Crippen LogP contribution < -0.4 is 0 Å². The predicted molar refractivity (Wildman–Crippen MR) is 113 cm³/mol. The van der Waals surface area contributed by atoms with Gasteiger partial charge >= 0.3 is 0 Å². The number of nitrogens with zero attached hydrogens (tertiary/aromatic N) is 1. The molecule has 3 aromatic carbocycles. The van der Waals surface area contributed by atoms with Crippen LogP contribution in [-0.4, -0.2) is 10.5 Å². The van der Waals surface area contributed by atoms with E-state index in [1.165, 1.54) is 0 Å². The van der Waals surface area contributed by atoms with Gasteiger partial charge in [-0.1, -0.05) is 92.4 Å². The molecule has 0 aliphatic rings. The van der Waals surface area contributed by atoms with Crippen molar-refractivity contribution in [1.82, 2.24) is 4.57 Å². The van der Waals surface area contributed by atoms with Crippen LogP contribution in [-0.2, 0) is 0 Å². The van der Waals surface area contributed by atoms with Crippen molar-refractivity contribution in [3.63, 3.8) is 0 Å². The lowest BCUT2D eigenvalue weighted by atomic mass is 9.98. The first-order chi connectivity index (χ1) is 13.2. The van der Waals surface area contributed by atoms with Crippen LogP contribution in [0.5, 0.6) is 0 Å². The van der Waals surface area contributed by atoms with Gasteiger partial charge in [-0.2, -0.15) is 0 Å². The Hall–Kier alpha value is -3.39. The van der Waals surface area contributed by atoms with E-state index in [4.69, 9.17) is 0 Å². The third kappa shape index (κ3) is 2.89. The second kappa shape index (κ2) is 7.08. The van der Waals surface area contributed by atoms with E-state index in [-0.39, 0.29) is 5.91 Å². The molecule has 0 saturated heterocycles. The fourth-order valence-electron chi connectivity index (χ4n) is 3.53. The zero-order chi connectivity index (χ0) is 18.8. The molecule has 0 radical (unpaired) electrons. The van der Waals surface area contributed by atoms with Crippen LogP contribution in [0.25, 0.3) is 33.3 Å². The highest BCUT2D eigenvalue weighted by atomic mass is 16.2. The number of carbonyl (C=O) groups is 1. The van der Waals surface area contributed by atoms with E-state index in [0.717, 1.165) is 33.3 Å².